The molecule has 0 saturated heterocycles. The number of rotatable bonds is 7. The minimum absolute atomic E-state index is 0.168. The first-order valence-corrected chi connectivity index (χ1v) is 6.10. The van der Waals surface area contributed by atoms with Crippen LogP contribution >= 0.6 is 11.8 Å². The molecule has 3 heteroatoms. The quantitative estimate of drug-likeness (QED) is 0.657. The molecule has 0 aromatic carbocycles. The molecule has 0 radical (unpaired) electrons. The minimum atomic E-state index is -0.168. The van der Waals surface area contributed by atoms with Gasteiger partial charge in [0.2, 0.25) is 0 Å². The van der Waals surface area contributed by atoms with Crippen LogP contribution in [0.3, 0.4) is 0 Å². The summed E-state index contributed by atoms with van der Waals surface area (Å²) in [6.07, 6.45) is 1.43. The number of methoxy groups -OCH3 is 1. The molecule has 0 unspecified atom stereocenters. The number of ketones is 1. The zero-order valence-electron chi connectivity index (χ0n) is 9.92. The highest BCUT2D eigenvalue weighted by Crippen LogP contribution is 2.17. The molecular weight excluding hydrogens is 196 g/mol. The molecule has 0 atom stereocenters. The zero-order valence-corrected chi connectivity index (χ0v) is 10.7. The van der Waals surface area contributed by atoms with Crippen LogP contribution in [0.1, 0.15) is 40.5 Å². The normalized spacial score (nSPS) is 12.1. The number of Topliss-reactive ketones (excluding diaryl/α,β-unsaturated/α-hetero) is 1. The highest BCUT2D eigenvalue weighted by atomic mass is 32.2. The van der Waals surface area contributed by atoms with Crippen LogP contribution in [0.5, 0.6) is 0 Å². The lowest BCUT2D eigenvalue weighted by molar-refractivity contribution is -0.118. The van der Waals surface area contributed by atoms with E-state index in [1.807, 2.05) is 13.8 Å². The summed E-state index contributed by atoms with van der Waals surface area (Å²) in [5.74, 6) is 0.964. The fourth-order valence-electron chi connectivity index (χ4n) is 0.874. The van der Waals surface area contributed by atoms with E-state index in [-0.39, 0.29) is 5.60 Å². The van der Waals surface area contributed by atoms with Gasteiger partial charge in [-0.1, -0.05) is 13.8 Å². The van der Waals surface area contributed by atoms with Crippen LogP contribution in [0, 0.1) is 0 Å². The molecule has 0 amide bonds. The molecule has 0 N–H and O–H groups in total. The largest absolute Gasteiger partial charge is 0.379 e. The molecule has 0 heterocycles. The fourth-order valence-corrected chi connectivity index (χ4v) is 1.54. The van der Waals surface area contributed by atoms with Crippen LogP contribution in [-0.2, 0) is 9.53 Å². The summed E-state index contributed by atoms with van der Waals surface area (Å²) in [5, 5.41) is 0.536. The summed E-state index contributed by atoms with van der Waals surface area (Å²) in [6, 6.07) is 0. The Bertz CT molecular complexity index is 176. The van der Waals surface area contributed by atoms with Crippen LogP contribution in [0.2, 0.25) is 0 Å². The lowest BCUT2D eigenvalue weighted by Crippen LogP contribution is -2.23. The topological polar surface area (TPSA) is 26.3 Å². The summed E-state index contributed by atoms with van der Waals surface area (Å²) >= 11 is 1.71. The molecular formula is C11H22O2S. The fraction of sp³-hybridized carbons (Fsp3) is 0.909. The van der Waals surface area contributed by atoms with E-state index in [4.69, 9.17) is 4.74 Å². The SMILES string of the molecule is COC(C)(C)CCC(=O)CSC(C)C. The number of carbonyl (C=O) groups is 1. The van der Waals surface area contributed by atoms with Crippen molar-refractivity contribution in [1.82, 2.24) is 0 Å². The highest BCUT2D eigenvalue weighted by molar-refractivity contribution is 8.00. The Morgan fingerprint density at radius 2 is 2.00 bits per heavy atom. The van der Waals surface area contributed by atoms with Gasteiger partial charge < -0.3 is 4.74 Å². The first-order valence-electron chi connectivity index (χ1n) is 5.06. The minimum Gasteiger partial charge on any atom is -0.379 e. The van der Waals surface area contributed by atoms with E-state index in [0.29, 0.717) is 23.2 Å². The van der Waals surface area contributed by atoms with Gasteiger partial charge in [-0.15, -0.1) is 0 Å². The Morgan fingerprint density at radius 1 is 1.43 bits per heavy atom. The van der Waals surface area contributed by atoms with Gasteiger partial charge in [-0.2, -0.15) is 11.8 Å². The number of carbonyl (C=O) groups excluding carboxylic acids is 1. The lowest BCUT2D eigenvalue weighted by Gasteiger charge is -2.22. The molecule has 2 nitrogen and oxygen atoms in total. The van der Waals surface area contributed by atoms with Gasteiger partial charge in [0.15, 0.2) is 0 Å². The number of hydrogen-bond donors (Lipinski definition) is 0. The second-order valence-corrected chi connectivity index (χ2v) is 5.93. The van der Waals surface area contributed by atoms with Gasteiger partial charge >= 0.3 is 0 Å². The lowest BCUT2D eigenvalue weighted by atomic mass is 10.0. The van der Waals surface area contributed by atoms with Crippen molar-refractivity contribution in [3.63, 3.8) is 0 Å². The third-order valence-electron chi connectivity index (χ3n) is 2.14. The third-order valence-corrected chi connectivity index (χ3v) is 3.29. The maximum absolute atomic E-state index is 11.4. The van der Waals surface area contributed by atoms with Gasteiger partial charge in [0, 0.05) is 13.5 Å². The van der Waals surface area contributed by atoms with Crippen molar-refractivity contribution in [2.45, 2.75) is 51.4 Å². The van der Waals surface area contributed by atoms with E-state index in [0.717, 1.165) is 6.42 Å². The Hall–Kier alpha value is -0.0200. The molecule has 14 heavy (non-hydrogen) atoms. The van der Waals surface area contributed by atoms with Crippen molar-refractivity contribution < 1.29 is 9.53 Å². The Morgan fingerprint density at radius 3 is 2.43 bits per heavy atom. The van der Waals surface area contributed by atoms with Gasteiger partial charge in [0.1, 0.15) is 5.78 Å². The summed E-state index contributed by atoms with van der Waals surface area (Å²) in [5.41, 5.74) is -0.168. The second-order valence-electron chi connectivity index (χ2n) is 4.36. The third kappa shape index (κ3) is 7.39. The smallest absolute Gasteiger partial charge is 0.142 e. The van der Waals surface area contributed by atoms with Gasteiger partial charge in [0.05, 0.1) is 11.4 Å². The maximum Gasteiger partial charge on any atom is 0.142 e. The Labute approximate surface area is 91.8 Å². The maximum atomic E-state index is 11.4. The molecule has 84 valence electrons. The summed E-state index contributed by atoms with van der Waals surface area (Å²) in [7, 11) is 1.69. The van der Waals surface area contributed by atoms with E-state index >= 15 is 0 Å². The highest BCUT2D eigenvalue weighted by Gasteiger charge is 2.17. The van der Waals surface area contributed by atoms with Crippen LogP contribution < -0.4 is 0 Å². The molecule has 0 spiro atoms. The van der Waals surface area contributed by atoms with Crippen molar-refractivity contribution in [2.75, 3.05) is 12.9 Å². The zero-order chi connectivity index (χ0) is 11.2. The van der Waals surface area contributed by atoms with Crippen LogP contribution in [0.15, 0.2) is 0 Å². The number of ether oxygens (including phenoxy) is 1. The Kier molecular flexibility index (Phi) is 6.45. The average molecular weight is 218 g/mol. The van der Waals surface area contributed by atoms with Crippen LogP contribution in [-0.4, -0.2) is 29.5 Å². The molecule has 0 fully saturated rings. The molecule has 0 bridgehead atoms. The predicted octanol–water partition coefficient (Wildman–Crippen LogP) is 2.90. The molecule has 0 aliphatic rings. The first-order chi connectivity index (χ1) is 6.37. The van der Waals surface area contributed by atoms with E-state index in [1.165, 1.54) is 0 Å². The molecule has 0 aliphatic carbocycles. The van der Waals surface area contributed by atoms with Gasteiger partial charge in [-0.05, 0) is 25.5 Å². The molecule has 0 aromatic rings. The second kappa shape index (κ2) is 6.46. The van der Waals surface area contributed by atoms with E-state index < -0.39 is 0 Å². The van der Waals surface area contributed by atoms with E-state index in [9.17, 15) is 4.79 Å². The van der Waals surface area contributed by atoms with Crippen molar-refractivity contribution in [2.24, 2.45) is 0 Å². The van der Waals surface area contributed by atoms with E-state index in [2.05, 4.69) is 13.8 Å². The molecule has 0 rings (SSSR count). The number of hydrogen-bond acceptors (Lipinski definition) is 3. The molecule has 0 aromatic heterocycles. The first kappa shape index (κ1) is 14.0. The standard InChI is InChI=1S/C11H22O2S/c1-9(2)14-8-10(12)6-7-11(3,4)13-5/h9H,6-8H2,1-5H3. The van der Waals surface area contributed by atoms with Crippen LogP contribution in [0.25, 0.3) is 0 Å². The summed E-state index contributed by atoms with van der Waals surface area (Å²) in [4.78, 5) is 11.4. The van der Waals surface area contributed by atoms with E-state index in [1.54, 1.807) is 18.9 Å². The van der Waals surface area contributed by atoms with Crippen molar-refractivity contribution in [3.8, 4) is 0 Å². The van der Waals surface area contributed by atoms with Crippen molar-refractivity contribution in [1.29, 1.82) is 0 Å². The predicted molar refractivity (Wildman–Crippen MR) is 62.9 cm³/mol. The molecule has 0 aliphatic heterocycles. The summed E-state index contributed by atoms with van der Waals surface area (Å²) < 4.78 is 5.25. The van der Waals surface area contributed by atoms with Gasteiger partial charge in [-0.3, -0.25) is 4.79 Å². The number of thioether (sulfide) groups is 1. The van der Waals surface area contributed by atoms with Gasteiger partial charge in [0.25, 0.3) is 0 Å². The van der Waals surface area contributed by atoms with Crippen molar-refractivity contribution >= 4 is 17.5 Å². The average Bonchev–Trinajstić information content (AvgIpc) is 2.11. The van der Waals surface area contributed by atoms with Crippen LogP contribution in [0.4, 0.5) is 0 Å². The Balaban J connectivity index is 3.64. The summed E-state index contributed by atoms with van der Waals surface area (Å²) in [6.45, 7) is 8.24. The van der Waals surface area contributed by atoms with Crippen molar-refractivity contribution in [3.05, 3.63) is 0 Å². The van der Waals surface area contributed by atoms with Gasteiger partial charge in [-0.25, -0.2) is 0 Å². The monoisotopic (exact) mass is 218 g/mol. The molecule has 0 saturated carbocycles.